The molecule has 1 aliphatic rings. The maximum atomic E-state index is 12.8. The van der Waals surface area contributed by atoms with Crippen molar-refractivity contribution in [1.29, 1.82) is 0 Å². The van der Waals surface area contributed by atoms with Gasteiger partial charge in [-0.3, -0.25) is 0 Å². The van der Waals surface area contributed by atoms with E-state index in [1.165, 1.54) is 37.8 Å². The number of hydrogen-bond donors (Lipinski definition) is 2. The van der Waals surface area contributed by atoms with Crippen LogP contribution in [0.2, 0.25) is 0 Å². The highest BCUT2D eigenvalue weighted by molar-refractivity contribution is 7.99. The first kappa shape index (κ1) is 14.8. The molecule has 3 unspecified atom stereocenters. The molecule has 0 spiro atoms. The molecule has 0 saturated heterocycles. The summed E-state index contributed by atoms with van der Waals surface area (Å²) in [5, 5.41) is 14.2. The summed E-state index contributed by atoms with van der Waals surface area (Å²) >= 11 is 1.91. The van der Waals surface area contributed by atoms with Crippen molar-refractivity contribution in [3.05, 3.63) is 35.6 Å². The van der Waals surface area contributed by atoms with Crippen LogP contribution >= 0.6 is 11.8 Å². The van der Waals surface area contributed by atoms with E-state index in [0.29, 0.717) is 17.8 Å². The lowest BCUT2D eigenvalue weighted by Gasteiger charge is -2.31. The van der Waals surface area contributed by atoms with E-state index in [2.05, 4.69) is 11.6 Å². The summed E-state index contributed by atoms with van der Waals surface area (Å²) in [6, 6.07) is 6.57. The number of aliphatic hydroxyl groups excluding tert-OH is 1. The number of aliphatic hydroxyl groups is 1. The molecule has 3 atom stereocenters. The molecule has 1 aliphatic carbocycles. The van der Waals surface area contributed by atoms with Gasteiger partial charge in [-0.25, -0.2) is 4.39 Å². The molecule has 0 radical (unpaired) electrons. The van der Waals surface area contributed by atoms with Crippen molar-refractivity contribution in [2.45, 2.75) is 43.1 Å². The zero-order chi connectivity index (χ0) is 13.7. The fourth-order valence-corrected chi connectivity index (χ4v) is 3.64. The summed E-state index contributed by atoms with van der Waals surface area (Å²) in [5.74, 6) is -0.265. The second kappa shape index (κ2) is 7.27. The highest BCUT2D eigenvalue weighted by Crippen LogP contribution is 2.27. The molecular weight excluding hydrogens is 261 g/mol. The van der Waals surface area contributed by atoms with Gasteiger partial charge in [0.15, 0.2) is 0 Å². The third kappa shape index (κ3) is 4.20. The quantitative estimate of drug-likeness (QED) is 0.871. The molecule has 0 heterocycles. The van der Waals surface area contributed by atoms with Crippen LogP contribution in [0.25, 0.3) is 0 Å². The number of rotatable bonds is 5. The molecule has 0 aliphatic heterocycles. The van der Waals surface area contributed by atoms with Crippen LogP contribution < -0.4 is 5.32 Å². The molecule has 1 saturated carbocycles. The number of hydrogen-bond acceptors (Lipinski definition) is 3. The Hall–Kier alpha value is -0.580. The van der Waals surface area contributed by atoms with Crippen LogP contribution in [0.3, 0.4) is 0 Å². The Morgan fingerprint density at radius 3 is 2.68 bits per heavy atom. The average molecular weight is 283 g/mol. The Bertz CT molecular complexity index is 384. The van der Waals surface area contributed by atoms with Gasteiger partial charge < -0.3 is 10.4 Å². The minimum absolute atomic E-state index is 0.265. The molecule has 1 fully saturated rings. The number of thioether (sulfide) groups is 1. The van der Waals surface area contributed by atoms with Gasteiger partial charge in [-0.05, 0) is 36.8 Å². The maximum Gasteiger partial charge on any atom is 0.123 e. The molecule has 1 aromatic carbocycles. The first-order valence-corrected chi connectivity index (χ1v) is 8.19. The Labute approximate surface area is 118 Å². The normalized spacial score (nSPS) is 25.2. The second-order valence-electron chi connectivity index (χ2n) is 5.14. The molecule has 1 aromatic rings. The van der Waals surface area contributed by atoms with Crippen LogP contribution in [-0.2, 0) is 0 Å². The molecule has 0 aromatic heterocycles. The number of nitrogens with one attached hydrogen (secondary N) is 1. The maximum absolute atomic E-state index is 12.8. The molecule has 106 valence electrons. The lowest BCUT2D eigenvalue weighted by atomic mass is 9.94. The van der Waals surface area contributed by atoms with Crippen molar-refractivity contribution < 1.29 is 9.50 Å². The molecular formula is C15H22FNOS. The van der Waals surface area contributed by atoms with Gasteiger partial charge >= 0.3 is 0 Å². The van der Waals surface area contributed by atoms with Gasteiger partial charge in [0.1, 0.15) is 5.82 Å². The van der Waals surface area contributed by atoms with Crippen molar-refractivity contribution in [2.24, 2.45) is 0 Å². The SMILES string of the molecule is CSC1CCCCC1NCC(O)c1ccc(F)cc1. The Balaban J connectivity index is 1.85. The van der Waals surface area contributed by atoms with Crippen LogP contribution in [0.4, 0.5) is 4.39 Å². The van der Waals surface area contributed by atoms with Crippen molar-refractivity contribution in [2.75, 3.05) is 12.8 Å². The van der Waals surface area contributed by atoms with Crippen LogP contribution in [0, 0.1) is 5.82 Å². The fourth-order valence-electron chi connectivity index (χ4n) is 2.68. The van der Waals surface area contributed by atoms with E-state index < -0.39 is 6.10 Å². The first-order valence-electron chi connectivity index (χ1n) is 6.90. The summed E-state index contributed by atoms with van der Waals surface area (Å²) < 4.78 is 12.8. The molecule has 2 nitrogen and oxygen atoms in total. The molecule has 0 bridgehead atoms. The van der Waals surface area contributed by atoms with Crippen molar-refractivity contribution in [3.63, 3.8) is 0 Å². The molecule has 0 amide bonds. The van der Waals surface area contributed by atoms with Crippen LogP contribution in [0.15, 0.2) is 24.3 Å². The van der Waals surface area contributed by atoms with E-state index in [0.717, 1.165) is 5.56 Å². The van der Waals surface area contributed by atoms with Crippen molar-refractivity contribution >= 4 is 11.8 Å². The molecule has 4 heteroatoms. The Morgan fingerprint density at radius 1 is 1.32 bits per heavy atom. The van der Waals surface area contributed by atoms with Crippen LogP contribution in [-0.4, -0.2) is 29.2 Å². The smallest absolute Gasteiger partial charge is 0.123 e. The fraction of sp³-hybridized carbons (Fsp3) is 0.600. The standard InChI is InChI=1S/C15H22FNOS/c1-19-15-5-3-2-4-13(15)17-10-14(18)11-6-8-12(16)9-7-11/h6-9,13-15,17-18H,2-5,10H2,1H3. The zero-order valence-electron chi connectivity index (χ0n) is 11.3. The Morgan fingerprint density at radius 2 is 2.00 bits per heavy atom. The van der Waals surface area contributed by atoms with E-state index in [-0.39, 0.29) is 5.82 Å². The van der Waals surface area contributed by atoms with Crippen LogP contribution in [0.5, 0.6) is 0 Å². The third-order valence-electron chi connectivity index (χ3n) is 3.83. The lowest BCUT2D eigenvalue weighted by Crippen LogP contribution is -2.42. The Kier molecular flexibility index (Phi) is 5.67. The highest BCUT2D eigenvalue weighted by Gasteiger charge is 2.24. The van der Waals surface area contributed by atoms with Crippen molar-refractivity contribution in [1.82, 2.24) is 5.32 Å². The van der Waals surface area contributed by atoms with E-state index >= 15 is 0 Å². The average Bonchev–Trinajstić information content (AvgIpc) is 2.45. The summed E-state index contributed by atoms with van der Waals surface area (Å²) in [4.78, 5) is 0. The summed E-state index contributed by atoms with van der Waals surface area (Å²) in [5.41, 5.74) is 0.769. The number of halogens is 1. The van der Waals surface area contributed by atoms with Gasteiger partial charge in [-0.15, -0.1) is 0 Å². The minimum atomic E-state index is -0.565. The molecule has 2 rings (SSSR count). The van der Waals surface area contributed by atoms with Gasteiger partial charge in [-0.1, -0.05) is 25.0 Å². The van der Waals surface area contributed by atoms with Gasteiger partial charge in [-0.2, -0.15) is 11.8 Å². The summed E-state index contributed by atoms with van der Waals surface area (Å²) in [6.07, 6.45) is 6.60. The van der Waals surface area contributed by atoms with Crippen LogP contribution in [0.1, 0.15) is 37.4 Å². The van der Waals surface area contributed by atoms with E-state index in [1.807, 2.05) is 11.8 Å². The van der Waals surface area contributed by atoms with Gasteiger partial charge in [0.2, 0.25) is 0 Å². The first-order chi connectivity index (χ1) is 9.20. The monoisotopic (exact) mass is 283 g/mol. The van der Waals surface area contributed by atoms with E-state index in [4.69, 9.17) is 0 Å². The second-order valence-corrected chi connectivity index (χ2v) is 6.22. The predicted molar refractivity (Wildman–Crippen MR) is 78.9 cm³/mol. The zero-order valence-corrected chi connectivity index (χ0v) is 12.1. The highest BCUT2D eigenvalue weighted by atomic mass is 32.2. The molecule has 19 heavy (non-hydrogen) atoms. The summed E-state index contributed by atoms with van der Waals surface area (Å²) in [7, 11) is 0. The number of benzene rings is 1. The van der Waals surface area contributed by atoms with Gasteiger partial charge in [0, 0.05) is 17.8 Å². The van der Waals surface area contributed by atoms with E-state index in [1.54, 1.807) is 12.1 Å². The lowest BCUT2D eigenvalue weighted by molar-refractivity contribution is 0.166. The van der Waals surface area contributed by atoms with E-state index in [9.17, 15) is 9.50 Å². The van der Waals surface area contributed by atoms with Crippen molar-refractivity contribution in [3.8, 4) is 0 Å². The van der Waals surface area contributed by atoms with Gasteiger partial charge in [0.25, 0.3) is 0 Å². The minimum Gasteiger partial charge on any atom is -0.387 e. The molecule has 2 N–H and O–H groups in total. The van der Waals surface area contributed by atoms with Gasteiger partial charge in [0.05, 0.1) is 6.10 Å². The third-order valence-corrected chi connectivity index (χ3v) is 5.00. The predicted octanol–water partition coefficient (Wildman–Crippen LogP) is 3.12. The largest absolute Gasteiger partial charge is 0.387 e. The summed E-state index contributed by atoms with van der Waals surface area (Å²) in [6.45, 7) is 0.535. The topological polar surface area (TPSA) is 32.3 Å².